The van der Waals surface area contributed by atoms with Crippen molar-refractivity contribution in [2.45, 2.75) is 33.7 Å². The van der Waals surface area contributed by atoms with E-state index < -0.39 is 0 Å². The molecule has 0 atom stereocenters. The summed E-state index contributed by atoms with van der Waals surface area (Å²) in [5, 5.41) is 2.81. The highest BCUT2D eigenvalue weighted by molar-refractivity contribution is 5.94. The van der Waals surface area contributed by atoms with Crippen LogP contribution in [0.2, 0.25) is 0 Å². The molecule has 2 amide bonds. The Bertz CT molecular complexity index is 768. The van der Waals surface area contributed by atoms with Crippen LogP contribution in [0.25, 0.3) is 0 Å². The maximum absolute atomic E-state index is 12.3. The van der Waals surface area contributed by atoms with Crippen molar-refractivity contribution in [1.82, 2.24) is 10.2 Å². The van der Waals surface area contributed by atoms with E-state index in [9.17, 15) is 9.59 Å². The molecule has 0 aliphatic rings. The summed E-state index contributed by atoms with van der Waals surface area (Å²) in [6.45, 7) is 6.98. The van der Waals surface area contributed by atoms with Crippen LogP contribution < -0.4 is 5.32 Å². The fourth-order valence-electron chi connectivity index (χ4n) is 2.73. The highest BCUT2D eigenvalue weighted by Gasteiger charge is 2.12. The highest BCUT2D eigenvalue weighted by atomic mass is 16.2. The first-order chi connectivity index (χ1) is 11.9. The van der Waals surface area contributed by atoms with Crippen LogP contribution in [0.15, 0.2) is 42.5 Å². The van der Waals surface area contributed by atoms with Gasteiger partial charge in [0.15, 0.2) is 0 Å². The summed E-state index contributed by atoms with van der Waals surface area (Å²) < 4.78 is 0. The van der Waals surface area contributed by atoms with Gasteiger partial charge in [-0.15, -0.1) is 0 Å². The van der Waals surface area contributed by atoms with Gasteiger partial charge in [0.1, 0.15) is 0 Å². The molecule has 4 nitrogen and oxygen atoms in total. The quantitative estimate of drug-likeness (QED) is 0.878. The predicted molar refractivity (Wildman–Crippen MR) is 101 cm³/mol. The number of aryl methyl sites for hydroxylation is 3. The van der Waals surface area contributed by atoms with Crippen LogP contribution in [0.1, 0.15) is 39.0 Å². The van der Waals surface area contributed by atoms with Gasteiger partial charge in [0, 0.05) is 32.1 Å². The number of nitrogens with zero attached hydrogens (tertiary/aromatic N) is 1. The fourth-order valence-corrected chi connectivity index (χ4v) is 2.73. The molecule has 0 aliphatic carbocycles. The molecular formula is C21H26N2O2. The van der Waals surface area contributed by atoms with E-state index in [1.54, 1.807) is 18.0 Å². The average molecular weight is 338 g/mol. The lowest BCUT2D eigenvalue weighted by atomic mass is 10.1. The van der Waals surface area contributed by atoms with Crippen molar-refractivity contribution in [3.63, 3.8) is 0 Å². The van der Waals surface area contributed by atoms with Crippen LogP contribution in [-0.2, 0) is 11.3 Å². The minimum absolute atomic E-state index is 0.0181. The number of benzene rings is 2. The van der Waals surface area contributed by atoms with Crippen molar-refractivity contribution in [2.75, 3.05) is 13.6 Å². The molecule has 0 saturated carbocycles. The lowest BCUT2D eigenvalue weighted by Crippen LogP contribution is -2.32. The van der Waals surface area contributed by atoms with Crippen LogP contribution in [0.5, 0.6) is 0 Å². The number of hydrogen-bond acceptors (Lipinski definition) is 2. The summed E-state index contributed by atoms with van der Waals surface area (Å²) in [5.41, 5.74) is 5.21. The molecule has 0 bridgehead atoms. The number of nitrogens with one attached hydrogen (secondary N) is 1. The Hall–Kier alpha value is -2.62. The second kappa shape index (κ2) is 8.47. The topological polar surface area (TPSA) is 49.4 Å². The first kappa shape index (κ1) is 18.7. The van der Waals surface area contributed by atoms with Gasteiger partial charge in [-0.05, 0) is 44.0 Å². The van der Waals surface area contributed by atoms with E-state index in [-0.39, 0.29) is 11.8 Å². The van der Waals surface area contributed by atoms with Crippen molar-refractivity contribution >= 4 is 11.8 Å². The lowest BCUT2D eigenvalue weighted by Gasteiger charge is -2.19. The second-order valence-corrected chi connectivity index (χ2v) is 6.56. The lowest BCUT2D eigenvalue weighted by molar-refractivity contribution is -0.130. The molecular weight excluding hydrogens is 312 g/mol. The van der Waals surface area contributed by atoms with Gasteiger partial charge in [0.25, 0.3) is 5.91 Å². The van der Waals surface area contributed by atoms with Gasteiger partial charge < -0.3 is 10.2 Å². The Morgan fingerprint density at radius 1 is 1.00 bits per heavy atom. The summed E-state index contributed by atoms with van der Waals surface area (Å²) in [6.07, 6.45) is 0.291. The SMILES string of the molecule is Cc1cccc(C(=O)NCCC(=O)N(C)Cc2ccc(C)cc2C)c1. The summed E-state index contributed by atoms with van der Waals surface area (Å²) in [7, 11) is 1.80. The highest BCUT2D eigenvalue weighted by Crippen LogP contribution is 2.13. The Balaban J connectivity index is 1.82. The molecule has 0 heterocycles. The van der Waals surface area contributed by atoms with E-state index >= 15 is 0 Å². The zero-order chi connectivity index (χ0) is 18.4. The smallest absolute Gasteiger partial charge is 0.251 e. The molecule has 2 rings (SSSR count). The number of rotatable bonds is 6. The minimum Gasteiger partial charge on any atom is -0.352 e. The van der Waals surface area contributed by atoms with Crippen LogP contribution in [0.3, 0.4) is 0 Å². The van der Waals surface area contributed by atoms with E-state index in [1.165, 1.54) is 11.1 Å². The van der Waals surface area contributed by atoms with E-state index in [4.69, 9.17) is 0 Å². The van der Waals surface area contributed by atoms with Crippen molar-refractivity contribution in [1.29, 1.82) is 0 Å². The molecule has 2 aromatic carbocycles. The molecule has 0 aromatic heterocycles. The Labute approximate surface area is 149 Å². The summed E-state index contributed by atoms with van der Waals surface area (Å²) >= 11 is 0. The van der Waals surface area contributed by atoms with Crippen molar-refractivity contribution in [3.05, 3.63) is 70.3 Å². The van der Waals surface area contributed by atoms with Gasteiger partial charge in [-0.2, -0.15) is 0 Å². The summed E-state index contributed by atoms with van der Waals surface area (Å²) in [5.74, 6) is -0.127. The van der Waals surface area contributed by atoms with Crippen LogP contribution in [0, 0.1) is 20.8 Å². The largest absolute Gasteiger partial charge is 0.352 e. The monoisotopic (exact) mass is 338 g/mol. The van der Waals surface area contributed by atoms with Gasteiger partial charge in [0.05, 0.1) is 0 Å². The second-order valence-electron chi connectivity index (χ2n) is 6.56. The molecule has 4 heteroatoms. The van der Waals surface area contributed by atoms with Crippen LogP contribution in [0.4, 0.5) is 0 Å². The number of hydrogen-bond donors (Lipinski definition) is 1. The van der Waals surface area contributed by atoms with Gasteiger partial charge in [0.2, 0.25) is 5.91 Å². The number of amides is 2. The Morgan fingerprint density at radius 3 is 2.40 bits per heavy atom. The third kappa shape index (κ3) is 5.45. The molecule has 132 valence electrons. The molecule has 0 aliphatic heterocycles. The van der Waals surface area contributed by atoms with Crippen LogP contribution in [-0.4, -0.2) is 30.3 Å². The van der Waals surface area contributed by atoms with Gasteiger partial charge >= 0.3 is 0 Å². The molecule has 25 heavy (non-hydrogen) atoms. The molecule has 1 N–H and O–H groups in total. The van der Waals surface area contributed by atoms with Crippen molar-refractivity contribution in [2.24, 2.45) is 0 Å². The van der Waals surface area contributed by atoms with Crippen LogP contribution >= 0.6 is 0 Å². The molecule has 0 saturated heterocycles. The van der Waals surface area contributed by atoms with E-state index in [1.807, 2.05) is 25.1 Å². The van der Waals surface area contributed by atoms with E-state index in [2.05, 4.69) is 37.4 Å². The number of carbonyl (C=O) groups is 2. The predicted octanol–water partition coefficient (Wildman–Crippen LogP) is 3.39. The summed E-state index contributed by atoms with van der Waals surface area (Å²) in [6, 6.07) is 13.7. The maximum Gasteiger partial charge on any atom is 0.251 e. The maximum atomic E-state index is 12.3. The van der Waals surface area contributed by atoms with Crippen molar-refractivity contribution < 1.29 is 9.59 Å². The molecule has 0 fully saturated rings. The third-order valence-electron chi connectivity index (χ3n) is 4.24. The minimum atomic E-state index is -0.145. The van der Waals surface area contributed by atoms with Gasteiger partial charge in [-0.3, -0.25) is 9.59 Å². The Morgan fingerprint density at radius 2 is 1.72 bits per heavy atom. The first-order valence-electron chi connectivity index (χ1n) is 8.52. The standard InChI is InChI=1S/C21H26N2O2/c1-15-6-5-7-18(13-15)21(25)22-11-10-20(24)23(4)14-19-9-8-16(2)12-17(19)3/h5-9,12-13H,10-11,14H2,1-4H3,(H,22,25). The third-order valence-corrected chi connectivity index (χ3v) is 4.24. The Kier molecular flexibility index (Phi) is 6.34. The van der Waals surface area contributed by atoms with Gasteiger partial charge in [-0.25, -0.2) is 0 Å². The van der Waals surface area contributed by atoms with Crippen molar-refractivity contribution in [3.8, 4) is 0 Å². The molecule has 2 aromatic rings. The molecule has 0 radical (unpaired) electrons. The normalized spacial score (nSPS) is 10.4. The molecule has 0 spiro atoms. The molecule has 0 unspecified atom stereocenters. The zero-order valence-corrected chi connectivity index (χ0v) is 15.4. The van der Waals surface area contributed by atoms with Gasteiger partial charge in [-0.1, -0.05) is 41.5 Å². The fraction of sp³-hybridized carbons (Fsp3) is 0.333. The number of carbonyl (C=O) groups excluding carboxylic acids is 2. The summed E-state index contributed by atoms with van der Waals surface area (Å²) in [4.78, 5) is 26.1. The van der Waals surface area contributed by atoms with E-state index in [0.29, 0.717) is 25.1 Å². The first-order valence-corrected chi connectivity index (χ1v) is 8.52. The van der Waals surface area contributed by atoms with E-state index in [0.717, 1.165) is 11.1 Å². The average Bonchev–Trinajstić information content (AvgIpc) is 2.57. The zero-order valence-electron chi connectivity index (χ0n) is 15.4.